The van der Waals surface area contributed by atoms with E-state index in [1.54, 1.807) is 6.07 Å². The fraction of sp³-hybridized carbons (Fsp3) is 0.692. The number of aliphatic hydroxyl groups excluding tert-OH is 1. The number of aryl methyl sites for hydroxylation is 2. The second-order valence-corrected chi connectivity index (χ2v) is 8.80. The van der Waals surface area contributed by atoms with Gasteiger partial charge in [-0.1, -0.05) is 13.8 Å². The maximum Gasteiger partial charge on any atom is 0.241 e. The van der Waals surface area contributed by atoms with Crippen molar-refractivity contribution in [1.29, 1.82) is 0 Å². The molecule has 0 bridgehead atoms. The van der Waals surface area contributed by atoms with Crippen LogP contribution in [0.4, 0.5) is 0 Å². The van der Waals surface area contributed by atoms with E-state index < -0.39 is 10.0 Å². The molecule has 0 aliphatic heterocycles. The van der Waals surface area contributed by atoms with Crippen LogP contribution in [-0.2, 0) is 10.0 Å². The van der Waals surface area contributed by atoms with Crippen molar-refractivity contribution in [3.05, 3.63) is 15.8 Å². The standard InChI is InChI=1S/C13H23NO3S2/c1-10-8-12(11(2)18-10)19(16,17)14-7-5-6-13(3,4)9-15/h8,14-15H,5-7,9H2,1-4H3. The maximum atomic E-state index is 12.1. The monoisotopic (exact) mass is 305 g/mol. The van der Waals surface area contributed by atoms with Crippen LogP contribution in [0.1, 0.15) is 36.4 Å². The largest absolute Gasteiger partial charge is 0.396 e. The SMILES string of the molecule is Cc1cc(S(=O)(=O)NCCCC(C)(C)CO)c(C)s1. The second kappa shape index (κ2) is 6.35. The highest BCUT2D eigenvalue weighted by molar-refractivity contribution is 7.89. The Hall–Kier alpha value is -0.430. The molecule has 0 radical (unpaired) electrons. The molecule has 0 aliphatic rings. The van der Waals surface area contributed by atoms with Crippen molar-refractivity contribution in [2.45, 2.75) is 45.4 Å². The molecule has 4 nitrogen and oxygen atoms in total. The van der Waals surface area contributed by atoms with Gasteiger partial charge in [0.25, 0.3) is 0 Å². The molecule has 0 fully saturated rings. The first-order valence-corrected chi connectivity index (χ1v) is 8.65. The van der Waals surface area contributed by atoms with Gasteiger partial charge in [-0.05, 0) is 38.2 Å². The van der Waals surface area contributed by atoms with Gasteiger partial charge in [-0.2, -0.15) is 0 Å². The third-order valence-electron chi connectivity index (χ3n) is 3.04. The summed E-state index contributed by atoms with van der Waals surface area (Å²) in [5, 5.41) is 9.13. The van der Waals surface area contributed by atoms with Crippen LogP contribution in [-0.4, -0.2) is 26.7 Å². The summed E-state index contributed by atoms with van der Waals surface area (Å²) in [6, 6.07) is 1.71. The van der Waals surface area contributed by atoms with Crippen molar-refractivity contribution in [2.24, 2.45) is 5.41 Å². The highest BCUT2D eigenvalue weighted by atomic mass is 32.2. The number of nitrogens with one attached hydrogen (secondary N) is 1. The van der Waals surface area contributed by atoms with E-state index in [1.807, 2.05) is 27.7 Å². The van der Waals surface area contributed by atoms with E-state index >= 15 is 0 Å². The van der Waals surface area contributed by atoms with Crippen molar-refractivity contribution in [1.82, 2.24) is 4.72 Å². The van der Waals surface area contributed by atoms with E-state index in [0.29, 0.717) is 11.4 Å². The van der Waals surface area contributed by atoms with E-state index in [0.717, 1.165) is 22.6 Å². The van der Waals surface area contributed by atoms with Crippen LogP contribution in [0.2, 0.25) is 0 Å². The quantitative estimate of drug-likeness (QED) is 0.760. The molecule has 110 valence electrons. The lowest BCUT2D eigenvalue weighted by Gasteiger charge is -2.21. The molecule has 1 aromatic heterocycles. The van der Waals surface area contributed by atoms with Crippen molar-refractivity contribution in [2.75, 3.05) is 13.2 Å². The molecule has 19 heavy (non-hydrogen) atoms. The van der Waals surface area contributed by atoms with Gasteiger partial charge < -0.3 is 5.11 Å². The summed E-state index contributed by atoms with van der Waals surface area (Å²) >= 11 is 1.49. The molecule has 6 heteroatoms. The van der Waals surface area contributed by atoms with Gasteiger partial charge in [-0.15, -0.1) is 11.3 Å². The zero-order valence-electron chi connectivity index (χ0n) is 12.0. The summed E-state index contributed by atoms with van der Waals surface area (Å²) in [5.74, 6) is 0. The Morgan fingerprint density at radius 3 is 2.47 bits per heavy atom. The first-order chi connectivity index (χ1) is 8.68. The molecule has 1 aromatic rings. The van der Waals surface area contributed by atoms with Gasteiger partial charge in [0, 0.05) is 22.9 Å². The summed E-state index contributed by atoms with van der Waals surface area (Å²) in [6.45, 7) is 8.17. The number of hydrogen-bond donors (Lipinski definition) is 2. The fourth-order valence-corrected chi connectivity index (χ4v) is 4.43. The summed E-state index contributed by atoms with van der Waals surface area (Å²) in [4.78, 5) is 2.20. The van der Waals surface area contributed by atoms with Gasteiger partial charge in [0.1, 0.15) is 0 Å². The molecule has 1 heterocycles. The van der Waals surface area contributed by atoms with Crippen LogP contribution in [0.25, 0.3) is 0 Å². The van der Waals surface area contributed by atoms with E-state index in [4.69, 9.17) is 5.11 Å². The van der Waals surface area contributed by atoms with E-state index in [2.05, 4.69) is 4.72 Å². The van der Waals surface area contributed by atoms with Gasteiger partial charge in [0.05, 0.1) is 4.90 Å². The molecule has 0 aromatic carbocycles. The fourth-order valence-electron chi connectivity index (χ4n) is 1.80. The zero-order valence-corrected chi connectivity index (χ0v) is 13.6. The van der Waals surface area contributed by atoms with Crippen molar-refractivity contribution in [3.63, 3.8) is 0 Å². The minimum absolute atomic E-state index is 0.114. The third-order valence-corrected chi connectivity index (χ3v) is 5.72. The molecule has 1 rings (SSSR count). The average molecular weight is 305 g/mol. The number of sulfonamides is 1. The molecule has 0 saturated carbocycles. The predicted molar refractivity (Wildman–Crippen MR) is 79.1 cm³/mol. The van der Waals surface area contributed by atoms with E-state index in [9.17, 15) is 8.42 Å². The van der Waals surface area contributed by atoms with Crippen LogP contribution < -0.4 is 4.72 Å². The highest BCUT2D eigenvalue weighted by Crippen LogP contribution is 2.25. The Morgan fingerprint density at radius 1 is 1.37 bits per heavy atom. The van der Waals surface area contributed by atoms with Crippen LogP contribution in [0.15, 0.2) is 11.0 Å². The minimum atomic E-state index is -3.40. The average Bonchev–Trinajstić information content (AvgIpc) is 2.65. The lowest BCUT2D eigenvalue weighted by Crippen LogP contribution is -2.26. The Bertz CT molecular complexity index is 518. The molecule has 2 N–H and O–H groups in total. The van der Waals surface area contributed by atoms with Gasteiger partial charge in [0.15, 0.2) is 0 Å². The Kier molecular flexibility index (Phi) is 5.55. The van der Waals surface area contributed by atoms with Crippen LogP contribution in [0.5, 0.6) is 0 Å². The molecule has 0 amide bonds. The number of hydrogen-bond acceptors (Lipinski definition) is 4. The normalized spacial score (nSPS) is 12.9. The zero-order chi connectivity index (χ0) is 14.7. The maximum absolute atomic E-state index is 12.1. The van der Waals surface area contributed by atoms with Crippen LogP contribution >= 0.6 is 11.3 Å². The predicted octanol–water partition coefficient (Wildman–Crippen LogP) is 2.44. The van der Waals surface area contributed by atoms with Gasteiger partial charge in [-0.25, -0.2) is 13.1 Å². The first kappa shape index (κ1) is 16.6. The molecule has 0 saturated heterocycles. The molecule has 0 spiro atoms. The lowest BCUT2D eigenvalue weighted by molar-refractivity contribution is 0.148. The van der Waals surface area contributed by atoms with Gasteiger partial charge in [0.2, 0.25) is 10.0 Å². The van der Waals surface area contributed by atoms with E-state index in [1.165, 1.54) is 11.3 Å². The van der Waals surface area contributed by atoms with Crippen molar-refractivity contribution < 1.29 is 13.5 Å². The molecular formula is C13H23NO3S2. The summed E-state index contributed by atoms with van der Waals surface area (Å²) in [7, 11) is -3.40. The summed E-state index contributed by atoms with van der Waals surface area (Å²) in [5.41, 5.74) is -0.152. The van der Waals surface area contributed by atoms with E-state index in [-0.39, 0.29) is 12.0 Å². The molecule has 0 aliphatic carbocycles. The summed E-state index contributed by atoms with van der Waals surface area (Å²) < 4.78 is 26.8. The Labute approximate surface area is 119 Å². The number of thiophene rings is 1. The Morgan fingerprint density at radius 2 is 2.00 bits per heavy atom. The van der Waals surface area contributed by atoms with Gasteiger partial charge >= 0.3 is 0 Å². The second-order valence-electron chi connectivity index (χ2n) is 5.60. The van der Waals surface area contributed by atoms with Crippen LogP contribution in [0.3, 0.4) is 0 Å². The molecule has 0 unspecified atom stereocenters. The lowest BCUT2D eigenvalue weighted by atomic mass is 9.89. The van der Waals surface area contributed by atoms with Crippen molar-refractivity contribution in [3.8, 4) is 0 Å². The highest BCUT2D eigenvalue weighted by Gasteiger charge is 2.20. The Balaban J connectivity index is 2.55. The van der Waals surface area contributed by atoms with Crippen molar-refractivity contribution >= 4 is 21.4 Å². The van der Waals surface area contributed by atoms with Gasteiger partial charge in [-0.3, -0.25) is 0 Å². The molecular weight excluding hydrogens is 282 g/mol. The smallest absolute Gasteiger partial charge is 0.241 e. The number of rotatable bonds is 7. The molecule has 0 atom stereocenters. The summed E-state index contributed by atoms with van der Waals surface area (Å²) in [6.07, 6.45) is 1.50. The van der Waals surface area contributed by atoms with Crippen LogP contribution in [0, 0.1) is 19.3 Å². The first-order valence-electron chi connectivity index (χ1n) is 6.35. The minimum Gasteiger partial charge on any atom is -0.396 e. The third kappa shape index (κ3) is 4.87. The topological polar surface area (TPSA) is 66.4 Å². The number of aliphatic hydroxyl groups is 1.